The molecule has 5 nitrogen and oxygen atoms in total. The Morgan fingerprint density at radius 1 is 0.885 bits per heavy atom. The second-order valence-electron chi connectivity index (χ2n) is 6.20. The van der Waals surface area contributed by atoms with Crippen LogP contribution in [0.1, 0.15) is 11.6 Å². The zero-order chi connectivity index (χ0) is 18.1. The molecule has 1 amide bonds. The van der Waals surface area contributed by atoms with Gasteiger partial charge >= 0.3 is 0 Å². The fraction of sp³-hybridized carbons (Fsp3) is 0.150. The number of carbonyl (C=O) groups is 1. The molecule has 0 saturated carbocycles. The molecule has 0 bridgehead atoms. The summed E-state index contributed by atoms with van der Waals surface area (Å²) in [6.45, 7) is 0.531. The summed E-state index contributed by atoms with van der Waals surface area (Å²) in [4.78, 5) is 12.8. The van der Waals surface area contributed by atoms with Crippen LogP contribution in [0.3, 0.4) is 0 Å². The van der Waals surface area contributed by atoms with E-state index < -0.39 is 16.1 Å². The Labute approximate surface area is 152 Å². The average Bonchev–Trinajstić information content (AvgIpc) is 2.68. The van der Waals surface area contributed by atoms with Crippen LogP contribution in [0.15, 0.2) is 77.7 Å². The molecule has 4 rings (SSSR count). The zero-order valence-corrected chi connectivity index (χ0v) is 14.8. The van der Waals surface area contributed by atoms with Gasteiger partial charge in [-0.15, -0.1) is 0 Å². The first-order chi connectivity index (χ1) is 12.6. The first kappa shape index (κ1) is 16.8. The molecular formula is C20H18N2O3S. The maximum atomic E-state index is 13.5. The third-order valence-electron chi connectivity index (χ3n) is 4.62. The number of fused-ring (bicyclic) bond motifs is 1. The predicted octanol–water partition coefficient (Wildman–Crippen LogP) is 2.70. The van der Waals surface area contributed by atoms with Gasteiger partial charge in [-0.25, -0.2) is 8.42 Å². The molecule has 1 aliphatic heterocycles. The van der Waals surface area contributed by atoms with Crippen LogP contribution in [0.25, 0.3) is 10.8 Å². The summed E-state index contributed by atoms with van der Waals surface area (Å²) in [5.74, 6) is -0.300. The zero-order valence-electron chi connectivity index (χ0n) is 14.0. The summed E-state index contributed by atoms with van der Waals surface area (Å²) in [7, 11) is -3.85. The van der Waals surface area contributed by atoms with E-state index in [9.17, 15) is 13.2 Å². The minimum absolute atomic E-state index is 0.228. The molecule has 1 N–H and O–H groups in total. The van der Waals surface area contributed by atoms with Crippen molar-refractivity contribution in [1.82, 2.24) is 9.62 Å². The molecule has 3 aromatic rings. The first-order valence-electron chi connectivity index (χ1n) is 8.41. The van der Waals surface area contributed by atoms with Gasteiger partial charge in [0, 0.05) is 18.5 Å². The van der Waals surface area contributed by atoms with Crippen LogP contribution >= 0.6 is 0 Å². The van der Waals surface area contributed by atoms with E-state index in [0.29, 0.717) is 17.5 Å². The van der Waals surface area contributed by atoms with Crippen molar-refractivity contribution in [3.63, 3.8) is 0 Å². The van der Waals surface area contributed by atoms with Crippen molar-refractivity contribution in [2.75, 3.05) is 13.1 Å². The molecule has 0 spiro atoms. The van der Waals surface area contributed by atoms with E-state index in [2.05, 4.69) is 5.32 Å². The van der Waals surface area contributed by atoms with Crippen LogP contribution in [-0.2, 0) is 14.8 Å². The molecule has 1 heterocycles. The van der Waals surface area contributed by atoms with Crippen LogP contribution in [-0.4, -0.2) is 31.7 Å². The largest absolute Gasteiger partial charge is 0.353 e. The highest BCUT2D eigenvalue weighted by Gasteiger charge is 2.39. The number of piperazine rings is 1. The van der Waals surface area contributed by atoms with Crippen LogP contribution < -0.4 is 5.32 Å². The number of nitrogens with one attached hydrogen (secondary N) is 1. The van der Waals surface area contributed by atoms with Gasteiger partial charge in [-0.3, -0.25) is 4.79 Å². The number of carbonyl (C=O) groups excluding carboxylic acids is 1. The minimum Gasteiger partial charge on any atom is -0.353 e. The van der Waals surface area contributed by atoms with Gasteiger partial charge in [0.05, 0.1) is 4.90 Å². The number of rotatable bonds is 3. The summed E-state index contributed by atoms with van der Waals surface area (Å²) in [5, 5.41) is 4.29. The summed E-state index contributed by atoms with van der Waals surface area (Å²) in [6, 6.07) is 20.7. The Kier molecular flexibility index (Phi) is 4.22. The molecule has 1 atom stereocenters. The maximum Gasteiger partial charge on any atom is 0.244 e. The minimum atomic E-state index is -3.85. The van der Waals surface area contributed by atoms with Gasteiger partial charge < -0.3 is 5.32 Å². The van der Waals surface area contributed by atoms with Crippen molar-refractivity contribution in [3.05, 3.63) is 78.4 Å². The predicted molar refractivity (Wildman–Crippen MR) is 100 cm³/mol. The molecule has 3 aromatic carbocycles. The molecule has 1 unspecified atom stereocenters. The van der Waals surface area contributed by atoms with E-state index >= 15 is 0 Å². The number of sulfonamides is 1. The van der Waals surface area contributed by atoms with Crippen LogP contribution in [0.5, 0.6) is 0 Å². The van der Waals surface area contributed by atoms with E-state index in [0.717, 1.165) is 5.39 Å². The number of hydrogen-bond acceptors (Lipinski definition) is 3. The van der Waals surface area contributed by atoms with E-state index in [1.54, 1.807) is 42.5 Å². The highest BCUT2D eigenvalue weighted by atomic mass is 32.2. The molecule has 0 radical (unpaired) electrons. The number of hydrogen-bond donors (Lipinski definition) is 1. The highest BCUT2D eigenvalue weighted by Crippen LogP contribution is 2.32. The monoisotopic (exact) mass is 366 g/mol. The van der Waals surface area contributed by atoms with Crippen molar-refractivity contribution >= 4 is 26.7 Å². The standard InChI is InChI=1S/C20H18N2O3S/c23-20-19(16-8-2-1-3-9-16)22(14-13-21-20)26(24,25)18-12-6-10-15-7-4-5-11-17(15)18/h1-12,19H,13-14H2,(H,21,23). The second kappa shape index (κ2) is 6.55. The van der Waals surface area contributed by atoms with Gasteiger partial charge in [0.25, 0.3) is 0 Å². The SMILES string of the molecule is O=C1NCCN(S(=O)(=O)c2cccc3ccccc23)C1c1ccccc1. The van der Waals surface area contributed by atoms with Crippen LogP contribution in [0, 0.1) is 0 Å². The fourth-order valence-electron chi connectivity index (χ4n) is 3.40. The molecule has 0 aromatic heterocycles. The Balaban J connectivity index is 1.86. The highest BCUT2D eigenvalue weighted by molar-refractivity contribution is 7.89. The lowest BCUT2D eigenvalue weighted by atomic mass is 10.1. The van der Waals surface area contributed by atoms with E-state index in [-0.39, 0.29) is 17.3 Å². The fourth-order valence-corrected chi connectivity index (χ4v) is 5.20. The first-order valence-corrected chi connectivity index (χ1v) is 9.85. The molecule has 1 aliphatic rings. The Morgan fingerprint density at radius 3 is 2.38 bits per heavy atom. The topological polar surface area (TPSA) is 66.5 Å². The summed E-state index contributed by atoms with van der Waals surface area (Å²) >= 11 is 0. The normalized spacial score (nSPS) is 18.6. The van der Waals surface area contributed by atoms with E-state index in [4.69, 9.17) is 0 Å². The quantitative estimate of drug-likeness (QED) is 0.775. The van der Waals surface area contributed by atoms with Gasteiger partial charge in [-0.05, 0) is 17.0 Å². The smallest absolute Gasteiger partial charge is 0.244 e. The van der Waals surface area contributed by atoms with Gasteiger partial charge in [0.1, 0.15) is 6.04 Å². The van der Waals surface area contributed by atoms with Crippen molar-refractivity contribution in [3.8, 4) is 0 Å². The summed E-state index contributed by atoms with van der Waals surface area (Å²) < 4.78 is 28.3. The number of benzene rings is 3. The molecular weight excluding hydrogens is 348 g/mol. The van der Waals surface area contributed by atoms with Gasteiger partial charge in [0.2, 0.25) is 15.9 Å². The number of nitrogens with zero attached hydrogens (tertiary/aromatic N) is 1. The molecule has 6 heteroatoms. The summed E-state index contributed by atoms with van der Waals surface area (Å²) in [5.41, 5.74) is 0.661. The maximum absolute atomic E-state index is 13.5. The van der Waals surface area contributed by atoms with Crippen molar-refractivity contribution in [2.24, 2.45) is 0 Å². The van der Waals surface area contributed by atoms with E-state index in [1.165, 1.54) is 4.31 Å². The molecule has 1 fully saturated rings. The Bertz CT molecular complexity index is 1060. The van der Waals surface area contributed by atoms with Crippen molar-refractivity contribution in [2.45, 2.75) is 10.9 Å². The second-order valence-corrected chi connectivity index (χ2v) is 8.06. The lowest BCUT2D eigenvalue weighted by molar-refractivity contribution is -0.126. The third kappa shape index (κ3) is 2.77. The van der Waals surface area contributed by atoms with Crippen molar-refractivity contribution in [1.29, 1.82) is 0 Å². The van der Waals surface area contributed by atoms with E-state index in [1.807, 2.05) is 30.3 Å². The van der Waals surface area contributed by atoms with Crippen LogP contribution in [0.4, 0.5) is 0 Å². The molecule has 26 heavy (non-hydrogen) atoms. The van der Waals surface area contributed by atoms with Crippen molar-refractivity contribution < 1.29 is 13.2 Å². The molecule has 1 saturated heterocycles. The lowest BCUT2D eigenvalue weighted by Crippen LogP contribution is -2.52. The van der Waals surface area contributed by atoms with Crippen LogP contribution in [0.2, 0.25) is 0 Å². The Hall–Kier alpha value is -2.70. The molecule has 0 aliphatic carbocycles. The molecule has 132 valence electrons. The Morgan fingerprint density at radius 2 is 1.58 bits per heavy atom. The average molecular weight is 366 g/mol. The third-order valence-corrected chi connectivity index (χ3v) is 6.54. The lowest BCUT2D eigenvalue weighted by Gasteiger charge is -2.34. The van der Waals surface area contributed by atoms with Gasteiger partial charge in [-0.1, -0.05) is 66.7 Å². The summed E-state index contributed by atoms with van der Waals surface area (Å²) in [6.07, 6.45) is 0. The van der Waals surface area contributed by atoms with Gasteiger partial charge in [0.15, 0.2) is 0 Å². The number of amides is 1. The van der Waals surface area contributed by atoms with Gasteiger partial charge in [-0.2, -0.15) is 4.31 Å².